The molecule has 2 rings (SSSR count). The highest BCUT2D eigenvalue weighted by molar-refractivity contribution is 5.30. The average Bonchev–Trinajstić information content (AvgIpc) is 2.42. The van der Waals surface area contributed by atoms with E-state index in [1.165, 1.54) is 5.57 Å². The average molecular weight is 256 g/mol. The molecular formula is C14H24O4. The minimum atomic E-state index is -0.588. The Labute approximate surface area is 109 Å². The lowest BCUT2D eigenvalue weighted by atomic mass is 9.61. The van der Waals surface area contributed by atoms with Crippen LogP contribution in [0.4, 0.5) is 0 Å². The largest absolute Gasteiger partial charge is 0.395 e. The normalized spacial score (nSPS) is 35.5. The number of ether oxygens (including phenoxy) is 2. The first-order valence-electron chi connectivity index (χ1n) is 6.62. The van der Waals surface area contributed by atoms with Crippen molar-refractivity contribution in [1.29, 1.82) is 0 Å². The summed E-state index contributed by atoms with van der Waals surface area (Å²) in [6.07, 6.45) is 3.43. The highest BCUT2D eigenvalue weighted by atomic mass is 16.7. The predicted molar refractivity (Wildman–Crippen MR) is 68.1 cm³/mol. The van der Waals surface area contributed by atoms with Crippen LogP contribution in [0, 0.1) is 5.41 Å². The number of rotatable bonds is 3. The molecule has 2 N–H and O–H groups in total. The lowest BCUT2D eigenvalue weighted by Gasteiger charge is -2.50. The standard InChI is InChI=1S/C14H24O4/c1-10-11-4-7-14(17-2,18-3)8-13(11,9-15)6-5-12(10)16/h12,15-16H,4-9H2,1-3H3/t12-,13+/m0/s1. The second kappa shape index (κ2) is 4.93. The molecule has 0 saturated heterocycles. The van der Waals surface area contributed by atoms with Crippen molar-refractivity contribution in [3.63, 3.8) is 0 Å². The van der Waals surface area contributed by atoms with E-state index in [1.54, 1.807) is 14.2 Å². The van der Waals surface area contributed by atoms with E-state index >= 15 is 0 Å². The van der Waals surface area contributed by atoms with Crippen LogP contribution in [0.3, 0.4) is 0 Å². The van der Waals surface area contributed by atoms with Crippen molar-refractivity contribution in [3.05, 3.63) is 11.1 Å². The molecule has 0 aliphatic heterocycles. The highest BCUT2D eigenvalue weighted by Gasteiger charge is 2.50. The first-order chi connectivity index (χ1) is 8.52. The minimum Gasteiger partial charge on any atom is -0.395 e. The Morgan fingerprint density at radius 3 is 2.50 bits per heavy atom. The van der Waals surface area contributed by atoms with Crippen molar-refractivity contribution in [1.82, 2.24) is 0 Å². The van der Waals surface area contributed by atoms with Crippen LogP contribution in [0.5, 0.6) is 0 Å². The Morgan fingerprint density at radius 1 is 1.28 bits per heavy atom. The van der Waals surface area contributed by atoms with Gasteiger partial charge in [-0.2, -0.15) is 0 Å². The van der Waals surface area contributed by atoms with Crippen LogP contribution in [0.15, 0.2) is 11.1 Å². The van der Waals surface area contributed by atoms with Crippen LogP contribution in [0.25, 0.3) is 0 Å². The lowest BCUT2D eigenvalue weighted by molar-refractivity contribution is -0.240. The molecule has 0 aromatic carbocycles. The zero-order valence-corrected chi connectivity index (χ0v) is 11.5. The second-order valence-corrected chi connectivity index (χ2v) is 5.65. The number of aliphatic hydroxyl groups excluding tert-OH is 2. The van der Waals surface area contributed by atoms with Crippen molar-refractivity contribution in [3.8, 4) is 0 Å². The van der Waals surface area contributed by atoms with E-state index in [4.69, 9.17) is 9.47 Å². The molecule has 18 heavy (non-hydrogen) atoms. The van der Waals surface area contributed by atoms with Gasteiger partial charge >= 0.3 is 0 Å². The van der Waals surface area contributed by atoms with Crippen LogP contribution in [-0.2, 0) is 9.47 Å². The molecule has 0 bridgehead atoms. The zero-order chi connectivity index (χ0) is 13.4. The molecule has 0 unspecified atom stereocenters. The third-order valence-corrected chi connectivity index (χ3v) is 4.92. The van der Waals surface area contributed by atoms with Crippen LogP contribution in [0.2, 0.25) is 0 Å². The smallest absolute Gasteiger partial charge is 0.168 e. The van der Waals surface area contributed by atoms with Crippen molar-refractivity contribution in [2.24, 2.45) is 5.41 Å². The monoisotopic (exact) mass is 256 g/mol. The SMILES string of the molecule is COC1(OC)CCC2=C(C)[C@@H](O)CC[C@]2(CO)C1. The Hall–Kier alpha value is -0.420. The van der Waals surface area contributed by atoms with E-state index in [1.807, 2.05) is 6.92 Å². The molecule has 2 aliphatic carbocycles. The maximum Gasteiger partial charge on any atom is 0.168 e. The summed E-state index contributed by atoms with van der Waals surface area (Å²) in [7, 11) is 3.32. The molecule has 0 spiro atoms. The van der Waals surface area contributed by atoms with Crippen molar-refractivity contribution >= 4 is 0 Å². The van der Waals surface area contributed by atoms with Crippen LogP contribution in [-0.4, -0.2) is 42.9 Å². The predicted octanol–water partition coefficient (Wildman–Crippen LogP) is 1.61. The summed E-state index contributed by atoms with van der Waals surface area (Å²) in [5.74, 6) is -0.588. The molecule has 4 heteroatoms. The Bertz CT molecular complexity index is 346. The molecule has 0 aromatic rings. The van der Waals surface area contributed by atoms with E-state index < -0.39 is 5.79 Å². The van der Waals surface area contributed by atoms with Crippen molar-refractivity contribution < 1.29 is 19.7 Å². The maximum atomic E-state index is 9.97. The minimum absolute atomic E-state index is 0.0981. The van der Waals surface area contributed by atoms with E-state index in [9.17, 15) is 10.2 Å². The van der Waals surface area contributed by atoms with E-state index in [-0.39, 0.29) is 18.1 Å². The van der Waals surface area contributed by atoms with Gasteiger partial charge in [0.15, 0.2) is 5.79 Å². The molecule has 104 valence electrons. The van der Waals surface area contributed by atoms with Gasteiger partial charge in [0.2, 0.25) is 0 Å². The Balaban J connectivity index is 2.37. The van der Waals surface area contributed by atoms with Gasteiger partial charge in [-0.25, -0.2) is 0 Å². The fraction of sp³-hybridized carbons (Fsp3) is 0.857. The summed E-state index contributed by atoms with van der Waals surface area (Å²) in [6, 6.07) is 0. The fourth-order valence-electron chi connectivity index (χ4n) is 3.64. The van der Waals surface area contributed by atoms with Gasteiger partial charge in [-0.15, -0.1) is 0 Å². The van der Waals surface area contributed by atoms with Crippen LogP contribution < -0.4 is 0 Å². The van der Waals surface area contributed by atoms with Crippen LogP contribution >= 0.6 is 0 Å². The summed E-state index contributed by atoms with van der Waals surface area (Å²) < 4.78 is 11.1. The Kier molecular flexibility index (Phi) is 3.83. The zero-order valence-electron chi connectivity index (χ0n) is 11.5. The van der Waals surface area contributed by atoms with Gasteiger partial charge < -0.3 is 19.7 Å². The number of methoxy groups -OCH3 is 2. The lowest BCUT2D eigenvalue weighted by Crippen LogP contribution is -2.49. The van der Waals surface area contributed by atoms with Crippen LogP contribution in [0.1, 0.15) is 39.0 Å². The number of hydrogen-bond donors (Lipinski definition) is 2. The molecule has 0 heterocycles. The second-order valence-electron chi connectivity index (χ2n) is 5.65. The summed E-state index contributed by atoms with van der Waals surface area (Å²) >= 11 is 0. The first kappa shape index (κ1) is 14.0. The van der Waals surface area contributed by atoms with Gasteiger partial charge in [-0.3, -0.25) is 0 Å². The van der Waals surface area contributed by atoms with Gasteiger partial charge in [0.1, 0.15) is 0 Å². The van der Waals surface area contributed by atoms with E-state index in [0.29, 0.717) is 12.8 Å². The molecule has 1 fully saturated rings. The molecule has 4 nitrogen and oxygen atoms in total. The van der Waals surface area contributed by atoms with Gasteiger partial charge in [0, 0.05) is 32.5 Å². The summed E-state index contributed by atoms with van der Waals surface area (Å²) in [5.41, 5.74) is 1.98. The third-order valence-electron chi connectivity index (χ3n) is 4.92. The molecule has 0 radical (unpaired) electrons. The number of fused-ring (bicyclic) bond motifs is 1. The topological polar surface area (TPSA) is 58.9 Å². The summed E-state index contributed by atoms with van der Waals surface area (Å²) in [4.78, 5) is 0. The van der Waals surface area contributed by atoms with Gasteiger partial charge in [0.25, 0.3) is 0 Å². The van der Waals surface area contributed by atoms with Gasteiger partial charge in [-0.05, 0) is 31.8 Å². The molecule has 0 aromatic heterocycles. The quantitative estimate of drug-likeness (QED) is 0.595. The number of aliphatic hydroxyl groups is 2. The molecule has 1 saturated carbocycles. The molecule has 2 aliphatic rings. The summed E-state index contributed by atoms with van der Waals surface area (Å²) in [5, 5.41) is 19.8. The van der Waals surface area contributed by atoms with Crippen molar-refractivity contribution in [2.75, 3.05) is 20.8 Å². The number of hydrogen-bond acceptors (Lipinski definition) is 4. The molecular weight excluding hydrogens is 232 g/mol. The first-order valence-corrected chi connectivity index (χ1v) is 6.62. The Morgan fingerprint density at radius 2 is 1.94 bits per heavy atom. The summed E-state index contributed by atoms with van der Waals surface area (Å²) in [6.45, 7) is 2.08. The highest BCUT2D eigenvalue weighted by Crippen LogP contribution is 2.53. The molecule has 0 amide bonds. The van der Waals surface area contributed by atoms with E-state index in [2.05, 4.69) is 0 Å². The third kappa shape index (κ3) is 2.01. The maximum absolute atomic E-state index is 9.97. The van der Waals surface area contributed by atoms with Crippen molar-refractivity contribution in [2.45, 2.75) is 50.9 Å². The van der Waals surface area contributed by atoms with Gasteiger partial charge in [-0.1, -0.05) is 5.57 Å². The fourth-order valence-corrected chi connectivity index (χ4v) is 3.64. The van der Waals surface area contributed by atoms with Gasteiger partial charge in [0.05, 0.1) is 12.7 Å². The molecule has 2 atom stereocenters. The van der Waals surface area contributed by atoms with E-state index in [0.717, 1.165) is 24.8 Å².